The zero-order chi connectivity index (χ0) is 22.3. The van der Waals surface area contributed by atoms with E-state index in [1.54, 1.807) is 12.3 Å². The number of benzene rings is 2. The van der Waals surface area contributed by atoms with Crippen LogP contribution in [0.1, 0.15) is 39.4 Å². The lowest BCUT2D eigenvalue weighted by Crippen LogP contribution is -2.30. The minimum Gasteiger partial charge on any atom is -0.449 e. The average molecular weight is 428 g/mol. The molecule has 4 rings (SSSR count). The molecule has 0 saturated heterocycles. The second kappa shape index (κ2) is 9.89. The van der Waals surface area contributed by atoms with Gasteiger partial charge in [0.05, 0.1) is 5.56 Å². The van der Waals surface area contributed by atoms with Crippen molar-refractivity contribution in [3.63, 3.8) is 0 Å². The molecule has 7 heteroatoms. The predicted octanol–water partition coefficient (Wildman–Crippen LogP) is 3.63. The van der Waals surface area contributed by atoms with Gasteiger partial charge >= 0.3 is 6.09 Å². The number of nitrogen functional groups attached to an aromatic ring is 1. The summed E-state index contributed by atoms with van der Waals surface area (Å²) in [5.74, 6) is 4.78. The third-order valence-corrected chi connectivity index (χ3v) is 5.39. The number of rotatable bonds is 7. The van der Waals surface area contributed by atoms with Crippen molar-refractivity contribution in [2.45, 2.75) is 12.3 Å². The Kier molecular flexibility index (Phi) is 6.57. The summed E-state index contributed by atoms with van der Waals surface area (Å²) < 4.78 is 5.52. The zero-order valence-corrected chi connectivity index (χ0v) is 17.5. The summed E-state index contributed by atoms with van der Waals surface area (Å²) >= 11 is 0. The van der Waals surface area contributed by atoms with E-state index < -0.39 is 12.0 Å². The summed E-state index contributed by atoms with van der Waals surface area (Å²) in [5.41, 5.74) is 7.99. The molecule has 1 heterocycles. The van der Waals surface area contributed by atoms with Gasteiger partial charge in [-0.1, -0.05) is 60.7 Å². The monoisotopic (exact) mass is 428 g/mol. The number of ether oxygens (including phenoxy) is 1. The van der Waals surface area contributed by atoms with Gasteiger partial charge in [0.15, 0.2) is 0 Å². The van der Waals surface area contributed by atoms with Gasteiger partial charge in [0.25, 0.3) is 5.91 Å². The second-order valence-corrected chi connectivity index (χ2v) is 7.42. The standard InChI is InChI=1S/C25H24N4O3/c26-29-24(30)18-13-17(14-27-15-18)7-5-6-12-28-25(31)32-16-23-21-10-3-1-8-19(21)20-9-2-4-11-22(20)23/h1-5,7-11,13-15,23H,6,12,16,26H2,(H,28,31)(H,29,30). The van der Waals surface area contributed by atoms with E-state index in [9.17, 15) is 9.59 Å². The summed E-state index contributed by atoms with van der Waals surface area (Å²) in [4.78, 5) is 27.8. The first-order chi connectivity index (χ1) is 15.7. The third kappa shape index (κ3) is 4.68. The topological polar surface area (TPSA) is 106 Å². The number of amides is 2. The van der Waals surface area contributed by atoms with Gasteiger partial charge in [-0.05, 0) is 40.3 Å². The fraction of sp³-hybridized carbons (Fsp3) is 0.160. The van der Waals surface area contributed by atoms with E-state index >= 15 is 0 Å². The number of alkyl carbamates (subject to hydrolysis) is 1. The quantitative estimate of drug-likeness (QED) is 0.231. The number of fused-ring (bicyclic) bond motifs is 3. The average Bonchev–Trinajstić information content (AvgIpc) is 3.16. The van der Waals surface area contributed by atoms with Crippen LogP contribution in [0.4, 0.5) is 4.79 Å². The van der Waals surface area contributed by atoms with Crippen molar-refractivity contribution < 1.29 is 14.3 Å². The number of aromatic nitrogens is 1. The zero-order valence-electron chi connectivity index (χ0n) is 17.5. The number of nitrogens with two attached hydrogens (primary N) is 1. The van der Waals surface area contributed by atoms with Gasteiger partial charge in [0.2, 0.25) is 0 Å². The molecule has 0 aliphatic heterocycles. The summed E-state index contributed by atoms with van der Waals surface area (Å²) in [6.45, 7) is 0.723. The van der Waals surface area contributed by atoms with Gasteiger partial charge < -0.3 is 10.1 Å². The summed E-state index contributed by atoms with van der Waals surface area (Å²) in [7, 11) is 0. The van der Waals surface area contributed by atoms with Crippen LogP contribution in [-0.2, 0) is 4.74 Å². The highest BCUT2D eigenvalue weighted by molar-refractivity contribution is 5.93. The lowest BCUT2D eigenvalue weighted by Gasteiger charge is -2.14. The molecule has 4 N–H and O–H groups in total. The van der Waals surface area contributed by atoms with Crippen molar-refractivity contribution in [1.29, 1.82) is 0 Å². The maximum Gasteiger partial charge on any atom is 0.407 e. The number of hydrogen-bond acceptors (Lipinski definition) is 5. The molecule has 0 saturated carbocycles. The summed E-state index contributed by atoms with van der Waals surface area (Å²) in [6.07, 6.45) is 6.98. The van der Waals surface area contributed by atoms with Gasteiger partial charge in [0, 0.05) is 24.9 Å². The SMILES string of the molecule is NNC(=O)c1cncc(C=CCCNC(=O)OCC2c3ccccc3-c3ccccc32)c1. The number of nitrogens with zero attached hydrogens (tertiary/aromatic N) is 1. The van der Waals surface area contributed by atoms with Crippen LogP contribution in [-0.4, -0.2) is 30.1 Å². The van der Waals surface area contributed by atoms with Crippen molar-refractivity contribution in [2.75, 3.05) is 13.2 Å². The van der Waals surface area contributed by atoms with Crippen LogP contribution in [0.2, 0.25) is 0 Å². The van der Waals surface area contributed by atoms with Crippen molar-refractivity contribution in [3.8, 4) is 11.1 Å². The minimum absolute atomic E-state index is 0.0403. The molecule has 0 spiro atoms. The Morgan fingerprint density at radius 2 is 1.72 bits per heavy atom. The fourth-order valence-electron chi connectivity index (χ4n) is 3.88. The molecule has 32 heavy (non-hydrogen) atoms. The molecule has 162 valence electrons. The first-order valence-corrected chi connectivity index (χ1v) is 10.4. The lowest BCUT2D eigenvalue weighted by molar-refractivity contribution is 0.0953. The Labute approximate surface area is 186 Å². The van der Waals surface area contributed by atoms with E-state index in [1.807, 2.05) is 36.4 Å². The van der Waals surface area contributed by atoms with E-state index in [0.29, 0.717) is 18.5 Å². The molecule has 0 unspecified atom stereocenters. The van der Waals surface area contributed by atoms with Crippen LogP contribution >= 0.6 is 0 Å². The number of carbonyl (C=O) groups is 2. The van der Waals surface area contributed by atoms with E-state index in [-0.39, 0.29) is 12.5 Å². The Morgan fingerprint density at radius 1 is 1.03 bits per heavy atom. The molecule has 0 radical (unpaired) electrons. The Bertz CT molecular complexity index is 1110. The van der Waals surface area contributed by atoms with E-state index in [1.165, 1.54) is 28.5 Å². The van der Waals surface area contributed by atoms with Crippen molar-refractivity contribution in [3.05, 3.63) is 95.3 Å². The van der Waals surface area contributed by atoms with E-state index in [0.717, 1.165) is 5.56 Å². The highest BCUT2D eigenvalue weighted by Gasteiger charge is 2.28. The number of pyridine rings is 1. The van der Waals surface area contributed by atoms with Gasteiger partial charge in [0.1, 0.15) is 6.61 Å². The normalized spacial score (nSPS) is 12.3. The van der Waals surface area contributed by atoms with Gasteiger partial charge in [-0.15, -0.1) is 0 Å². The number of hydrazine groups is 1. The van der Waals surface area contributed by atoms with Crippen LogP contribution in [0.25, 0.3) is 17.2 Å². The first-order valence-electron chi connectivity index (χ1n) is 10.4. The van der Waals surface area contributed by atoms with Crippen LogP contribution in [0.15, 0.2) is 73.1 Å². The van der Waals surface area contributed by atoms with E-state index in [2.05, 4.69) is 40.0 Å². The van der Waals surface area contributed by atoms with Crippen LogP contribution in [0.3, 0.4) is 0 Å². The molecular formula is C25H24N4O3. The largest absolute Gasteiger partial charge is 0.449 e. The van der Waals surface area contributed by atoms with Gasteiger partial charge in [-0.3, -0.25) is 15.2 Å². The maximum atomic E-state index is 12.2. The minimum atomic E-state index is -0.441. The molecule has 1 aliphatic carbocycles. The van der Waals surface area contributed by atoms with Crippen LogP contribution < -0.4 is 16.6 Å². The first kappa shape index (κ1) is 21.3. The number of carbonyl (C=O) groups excluding carboxylic acids is 2. The lowest BCUT2D eigenvalue weighted by atomic mass is 9.98. The van der Waals surface area contributed by atoms with Crippen molar-refractivity contribution in [2.24, 2.45) is 5.84 Å². The Hall–Kier alpha value is -3.97. The highest BCUT2D eigenvalue weighted by atomic mass is 16.5. The maximum absolute atomic E-state index is 12.2. The van der Waals surface area contributed by atoms with Crippen molar-refractivity contribution in [1.82, 2.24) is 15.7 Å². The second-order valence-electron chi connectivity index (χ2n) is 7.42. The van der Waals surface area contributed by atoms with Crippen LogP contribution in [0.5, 0.6) is 0 Å². The number of nitrogens with one attached hydrogen (secondary N) is 2. The molecule has 1 aliphatic rings. The van der Waals surface area contributed by atoms with E-state index in [4.69, 9.17) is 10.6 Å². The predicted molar refractivity (Wildman–Crippen MR) is 123 cm³/mol. The highest BCUT2D eigenvalue weighted by Crippen LogP contribution is 2.44. The molecule has 1 aromatic heterocycles. The molecule has 0 atom stereocenters. The molecule has 0 bridgehead atoms. The smallest absolute Gasteiger partial charge is 0.407 e. The third-order valence-electron chi connectivity index (χ3n) is 5.39. The molecule has 2 amide bonds. The molecule has 0 fully saturated rings. The molecule has 2 aromatic carbocycles. The molecule has 7 nitrogen and oxygen atoms in total. The Morgan fingerprint density at radius 3 is 2.41 bits per heavy atom. The molecular weight excluding hydrogens is 404 g/mol. The van der Waals surface area contributed by atoms with Crippen LogP contribution in [0, 0.1) is 0 Å². The van der Waals surface area contributed by atoms with Crippen molar-refractivity contribution >= 4 is 18.1 Å². The van der Waals surface area contributed by atoms with Gasteiger partial charge in [-0.25, -0.2) is 10.6 Å². The van der Waals surface area contributed by atoms with Gasteiger partial charge in [-0.2, -0.15) is 0 Å². The molecule has 3 aromatic rings. The number of hydrogen-bond donors (Lipinski definition) is 3. The summed E-state index contributed by atoms with van der Waals surface area (Å²) in [6, 6.07) is 18.2. The Balaban J connectivity index is 1.26. The fourth-order valence-corrected chi connectivity index (χ4v) is 3.88. The summed E-state index contributed by atoms with van der Waals surface area (Å²) in [5, 5.41) is 2.77.